The van der Waals surface area contributed by atoms with Crippen LogP contribution in [0.15, 0.2) is 40.8 Å². The number of fused-ring (bicyclic) bond motifs is 1. The van der Waals surface area contributed by atoms with Gasteiger partial charge in [0.1, 0.15) is 11.3 Å². The molecule has 0 radical (unpaired) electrons. The van der Waals surface area contributed by atoms with Crippen LogP contribution in [0.25, 0.3) is 11.0 Å². The molecule has 4 nitrogen and oxygen atoms in total. The number of ether oxygens (including phenoxy) is 1. The molecule has 1 aromatic heterocycles. The summed E-state index contributed by atoms with van der Waals surface area (Å²) in [5.41, 5.74) is 3.01. The van der Waals surface area contributed by atoms with Crippen molar-refractivity contribution in [3.63, 3.8) is 0 Å². The van der Waals surface area contributed by atoms with Crippen molar-refractivity contribution in [1.82, 2.24) is 0 Å². The van der Waals surface area contributed by atoms with Crippen LogP contribution < -0.4 is 10.1 Å². The van der Waals surface area contributed by atoms with Crippen LogP contribution in [-0.4, -0.2) is 12.5 Å². The lowest BCUT2D eigenvalue weighted by atomic mass is 10.1. The number of hydrogen-bond donors (Lipinski definition) is 1. The molecule has 3 rings (SSSR count). The fourth-order valence-corrected chi connectivity index (χ4v) is 2.86. The van der Waals surface area contributed by atoms with E-state index in [9.17, 15) is 4.79 Å². The lowest BCUT2D eigenvalue weighted by molar-refractivity contribution is 0.0998. The Morgan fingerprint density at radius 2 is 2.00 bits per heavy atom. The molecule has 0 aliphatic rings. The minimum absolute atomic E-state index is 0.273. The molecule has 0 fully saturated rings. The van der Waals surface area contributed by atoms with E-state index in [1.54, 1.807) is 12.1 Å². The lowest BCUT2D eigenvalue weighted by Crippen LogP contribution is -2.12. The van der Waals surface area contributed by atoms with Crippen molar-refractivity contribution in [2.45, 2.75) is 20.8 Å². The largest absolute Gasteiger partial charge is 0.494 e. The van der Waals surface area contributed by atoms with E-state index in [1.165, 1.54) is 0 Å². The predicted molar refractivity (Wildman–Crippen MR) is 96.3 cm³/mol. The Morgan fingerprint density at radius 1 is 1.21 bits per heavy atom. The van der Waals surface area contributed by atoms with Gasteiger partial charge in [-0.3, -0.25) is 4.79 Å². The highest BCUT2D eigenvalue weighted by Gasteiger charge is 2.19. The van der Waals surface area contributed by atoms with Gasteiger partial charge in [-0.05, 0) is 56.7 Å². The third kappa shape index (κ3) is 3.10. The van der Waals surface area contributed by atoms with Crippen molar-refractivity contribution < 1.29 is 13.9 Å². The van der Waals surface area contributed by atoms with Crippen molar-refractivity contribution in [3.05, 3.63) is 58.3 Å². The molecule has 1 amide bonds. The maximum Gasteiger partial charge on any atom is 0.291 e. The molecule has 1 N–H and O–H groups in total. The summed E-state index contributed by atoms with van der Waals surface area (Å²) in [4.78, 5) is 12.6. The zero-order valence-corrected chi connectivity index (χ0v) is 14.5. The summed E-state index contributed by atoms with van der Waals surface area (Å²) < 4.78 is 11.2. The van der Waals surface area contributed by atoms with Crippen molar-refractivity contribution in [2.75, 3.05) is 11.9 Å². The topological polar surface area (TPSA) is 51.5 Å². The third-order valence-corrected chi connectivity index (χ3v) is 4.11. The van der Waals surface area contributed by atoms with Gasteiger partial charge < -0.3 is 14.5 Å². The molecule has 0 saturated carbocycles. The van der Waals surface area contributed by atoms with Gasteiger partial charge in [0.05, 0.1) is 17.3 Å². The highest BCUT2D eigenvalue weighted by Crippen LogP contribution is 2.30. The van der Waals surface area contributed by atoms with E-state index < -0.39 is 0 Å². The zero-order valence-electron chi connectivity index (χ0n) is 13.8. The first kappa shape index (κ1) is 16.4. The molecule has 2 aromatic carbocycles. The number of carbonyl (C=O) groups excluding carboxylic acids is 1. The third-order valence-electron chi connectivity index (χ3n) is 3.80. The Balaban J connectivity index is 1.93. The van der Waals surface area contributed by atoms with E-state index in [-0.39, 0.29) is 11.7 Å². The van der Waals surface area contributed by atoms with Crippen LogP contribution in [-0.2, 0) is 0 Å². The summed E-state index contributed by atoms with van der Waals surface area (Å²) in [6, 6.07) is 11.0. The maximum atomic E-state index is 12.6. The highest BCUT2D eigenvalue weighted by molar-refractivity contribution is 6.34. The number of anilines is 1. The number of benzene rings is 2. The summed E-state index contributed by atoms with van der Waals surface area (Å²) in [5, 5.41) is 4.16. The van der Waals surface area contributed by atoms with Gasteiger partial charge in [-0.1, -0.05) is 17.7 Å². The number of rotatable bonds is 4. The number of nitrogens with one attached hydrogen (secondary N) is 1. The van der Waals surface area contributed by atoms with Gasteiger partial charge in [0.2, 0.25) is 0 Å². The standard InChI is InChI=1S/C19H18ClNO3/c1-4-23-13-6-8-17-14(10-13)12(3)18(24-17)19(22)21-16-7-5-11(2)9-15(16)20/h5-10H,4H2,1-3H3,(H,21,22). The van der Waals surface area contributed by atoms with Crippen LogP contribution in [0.5, 0.6) is 5.75 Å². The molecule has 0 unspecified atom stereocenters. The molecule has 0 saturated heterocycles. The summed E-state index contributed by atoms with van der Waals surface area (Å²) >= 11 is 6.17. The van der Waals surface area contributed by atoms with Crippen LogP contribution in [0.2, 0.25) is 5.02 Å². The zero-order chi connectivity index (χ0) is 17.3. The minimum Gasteiger partial charge on any atom is -0.494 e. The van der Waals surface area contributed by atoms with E-state index in [1.807, 2.05) is 45.0 Å². The summed E-state index contributed by atoms with van der Waals surface area (Å²) in [5.74, 6) is 0.699. The molecule has 3 aromatic rings. The SMILES string of the molecule is CCOc1ccc2oc(C(=O)Nc3ccc(C)cc3Cl)c(C)c2c1. The van der Waals surface area contributed by atoms with E-state index in [2.05, 4.69) is 5.32 Å². The molecular weight excluding hydrogens is 326 g/mol. The van der Waals surface area contributed by atoms with Crippen molar-refractivity contribution in [3.8, 4) is 5.75 Å². The van der Waals surface area contributed by atoms with Gasteiger partial charge in [0, 0.05) is 10.9 Å². The van der Waals surface area contributed by atoms with Crippen molar-refractivity contribution >= 4 is 34.2 Å². The first-order valence-corrected chi connectivity index (χ1v) is 8.11. The Hall–Kier alpha value is -2.46. The summed E-state index contributed by atoms with van der Waals surface area (Å²) in [6.45, 7) is 6.31. The first-order chi connectivity index (χ1) is 11.5. The minimum atomic E-state index is -0.326. The lowest BCUT2D eigenvalue weighted by Gasteiger charge is -2.06. The maximum absolute atomic E-state index is 12.6. The van der Waals surface area contributed by atoms with Gasteiger partial charge in [0.25, 0.3) is 5.91 Å². The second-order valence-corrected chi connectivity index (χ2v) is 5.99. The van der Waals surface area contributed by atoms with Gasteiger partial charge >= 0.3 is 0 Å². The Bertz CT molecular complexity index is 914. The Labute approximate surface area is 145 Å². The van der Waals surface area contributed by atoms with E-state index >= 15 is 0 Å². The number of carbonyl (C=O) groups is 1. The smallest absolute Gasteiger partial charge is 0.291 e. The second-order valence-electron chi connectivity index (χ2n) is 5.58. The summed E-state index contributed by atoms with van der Waals surface area (Å²) in [6.07, 6.45) is 0. The van der Waals surface area contributed by atoms with E-state index in [0.29, 0.717) is 22.9 Å². The number of halogens is 1. The van der Waals surface area contributed by atoms with Crippen molar-refractivity contribution in [1.29, 1.82) is 0 Å². The van der Waals surface area contributed by atoms with Crippen LogP contribution in [0.1, 0.15) is 28.6 Å². The molecule has 24 heavy (non-hydrogen) atoms. The molecule has 0 spiro atoms. The number of furan rings is 1. The van der Waals surface area contributed by atoms with Gasteiger partial charge in [-0.25, -0.2) is 0 Å². The molecule has 1 heterocycles. The number of aryl methyl sites for hydroxylation is 2. The van der Waals surface area contributed by atoms with Gasteiger partial charge in [-0.15, -0.1) is 0 Å². The fraction of sp³-hybridized carbons (Fsp3) is 0.211. The average Bonchev–Trinajstić information content (AvgIpc) is 2.87. The average molecular weight is 344 g/mol. The first-order valence-electron chi connectivity index (χ1n) is 7.73. The van der Waals surface area contributed by atoms with Crippen LogP contribution in [0.4, 0.5) is 5.69 Å². The molecule has 0 aliphatic heterocycles. The van der Waals surface area contributed by atoms with Crippen LogP contribution in [0, 0.1) is 13.8 Å². The molecule has 5 heteroatoms. The Kier molecular flexibility index (Phi) is 4.49. The number of amides is 1. The monoisotopic (exact) mass is 343 g/mol. The van der Waals surface area contributed by atoms with E-state index in [0.717, 1.165) is 22.3 Å². The van der Waals surface area contributed by atoms with Crippen LogP contribution in [0.3, 0.4) is 0 Å². The van der Waals surface area contributed by atoms with Crippen LogP contribution >= 0.6 is 11.6 Å². The number of hydrogen-bond acceptors (Lipinski definition) is 3. The quantitative estimate of drug-likeness (QED) is 0.694. The summed E-state index contributed by atoms with van der Waals surface area (Å²) in [7, 11) is 0. The fourth-order valence-electron chi connectivity index (χ4n) is 2.57. The van der Waals surface area contributed by atoms with Gasteiger partial charge in [0.15, 0.2) is 5.76 Å². The van der Waals surface area contributed by atoms with Crippen molar-refractivity contribution in [2.24, 2.45) is 0 Å². The Morgan fingerprint density at radius 3 is 2.71 bits per heavy atom. The molecule has 0 bridgehead atoms. The predicted octanol–water partition coefficient (Wildman–Crippen LogP) is 5.35. The van der Waals surface area contributed by atoms with E-state index in [4.69, 9.17) is 20.8 Å². The van der Waals surface area contributed by atoms with Gasteiger partial charge in [-0.2, -0.15) is 0 Å². The molecule has 124 valence electrons. The molecular formula is C19H18ClNO3. The second kappa shape index (κ2) is 6.57. The molecule has 0 atom stereocenters. The highest BCUT2D eigenvalue weighted by atomic mass is 35.5. The molecule has 0 aliphatic carbocycles. The normalized spacial score (nSPS) is 10.8.